The van der Waals surface area contributed by atoms with Gasteiger partial charge in [0.2, 0.25) is 6.79 Å². The van der Waals surface area contributed by atoms with E-state index in [-0.39, 0.29) is 6.79 Å². The van der Waals surface area contributed by atoms with Crippen molar-refractivity contribution < 1.29 is 14.3 Å². The highest BCUT2D eigenvalue weighted by Crippen LogP contribution is 2.30. The van der Waals surface area contributed by atoms with Crippen LogP contribution in [-0.4, -0.2) is 17.3 Å². The molecular formula is C25H29NO3. The second-order valence-electron chi connectivity index (χ2n) is 7.77. The van der Waals surface area contributed by atoms with Crippen LogP contribution in [0.4, 0.5) is 0 Å². The van der Waals surface area contributed by atoms with E-state index in [1.165, 1.54) is 23.0 Å². The Balaban J connectivity index is 1.77. The molecule has 0 amide bonds. The Labute approximate surface area is 172 Å². The number of hydrogen-bond acceptors (Lipinski definition) is 3. The second kappa shape index (κ2) is 9.46. The van der Waals surface area contributed by atoms with Crippen molar-refractivity contribution in [3.05, 3.63) is 66.7 Å². The van der Waals surface area contributed by atoms with Gasteiger partial charge in [-0.2, -0.15) is 0 Å². The van der Waals surface area contributed by atoms with Gasteiger partial charge in [0, 0.05) is 28.7 Å². The largest absolute Gasteiger partial charge is 0.457 e. The van der Waals surface area contributed by atoms with Gasteiger partial charge in [-0.3, -0.25) is 0 Å². The minimum absolute atomic E-state index is 0.124. The summed E-state index contributed by atoms with van der Waals surface area (Å²) in [6, 6.07) is 18.6. The molecule has 0 N–H and O–H groups in total. The lowest BCUT2D eigenvalue weighted by Gasteiger charge is -2.13. The summed E-state index contributed by atoms with van der Waals surface area (Å²) in [7, 11) is 0. The number of rotatable bonds is 9. The lowest BCUT2D eigenvalue weighted by molar-refractivity contribution is -0.145. The van der Waals surface area contributed by atoms with Gasteiger partial charge in [-0.25, -0.2) is 4.79 Å². The molecule has 4 heteroatoms. The number of carbonyl (C=O) groups is 1. The maximum Gasteiger partial charge on any atom is 0.335 e. The molecule has 0 aliphatic carbocycles. The topological polar surface area (TPSA) is 40.5 Å². The van der Waals surface area contributed by atoms with Gasteiger partial charge in [0.15, 0.2) is 0 Å². The third-order valence-electron chi connectivity index (χ3n) is 4.89. The highest BCUT2D eigenvalue weighted by atomic mass is 16.7. The minimum atomic E-state index is -0.451. The molecule has 152 valence electrons. The Morgan fingerprint density at radius 2 is 1.83 bits per heavy atom. The molecule has 1 heterocycles. The molecule has 0 aliphatic rings. The van der Waals surface area contributed by atoms with E-state index in [1.807, 2.05) is 24.3 Å². The second-order valence-corrected chi connectivity index (χ2v) is 7.77. The van der Waals surface area contributed by atoms with E-state index in [1.54, 1.807) is 6.92 Å². The van der Waals surface area contributed by atoms with Crippen LogP contribution in [0.2, 0.25) is 0 Å². The first kappa shape index (κ1) is 20.7. The SMILES string of the molecule is C=C(C)C(=O)OCOc1ccc(-c2cc3ccccc3n2CCCC(C)C)cc1. The molecular weight excluding hydrogens is 362 g/mol. The normalized spacial score (nSPS) is 11.0. The molecule has 29 heavy (non-hydrogen) atoms. The molecule has 4 nitrogen and oxygen atoms in total. The maximum absolute atomic E-state index is 11.4. The van der Waals surface area contributed by atoms with Crippen LogP contribution in [0.5, 0.6) is 5.75 Å². The van der Waals surface area contributed by atoms with E-state index in [2.05, 4.69) is 55.3 Å². The van der Waals surface area contributed by atoms with Crippen molar-refractivity contribution in [1.29, 1.82) is 0 Å². The average molecular weight is 392 g/mol. The van der Waals surface area contributed by atoms with Gasteiger partial charge in [0.25, 0.3) is 0 Å². The molecule has 0 bridgehead atoms. The third-order valence-corrected chi connectivity index (χ3v) is 4.89. The Kier molecular flexibility index (Phi) is 6.76. The quantitative estimate of drug-likeness (QED) is 0.248. The number of para-hydroxylation sites is 1. The third kappa shape index (κ3) is 5.29. The van der Waals surface area contributed by atoms with Crippen LogP contribution in [0.15, 0.2) is 66.7 Å². The van der Waals surface area contributed by atoms with Crippen LogP contribution < -0.4 is 4.74 Å². The van der Waals surface area contributed by atoms with Gasteiger partial charge >= 0.3 is 5.97 Å². The number of benzene rings is 2. The van der Waals surface area contributed by atoms with E-state index in [0.717, 1.165) is 18.5 Å². The predicted molar refractivity (Wildman–Crippen MR) is 118 cm³/mol. The standard InChI is InChI=1S/C25H29NO3/c1-18(2)8-7-15-26-23-10-6-5-9-21(23)16-24(26)20-11-13-22(14-12-20)28-17-29-25(27)19(3)4/h5-6,9-14,16,18H,3,7-8,15,17H2,1-2,4H3. The van der Waals surface area contributed by atoms with Crippen molar-refractivity contribution in [3.63, 3.8) is 0 Å². The summed E-state index contributed by atoms with van der Waals surface area (Å²) in [5.74, 6) is 0.911. The van der Waals surface area contributed by atoms with Crippen molar-refractivity contribution >= 4 is 16.9 Å². The van der Waals surface area contributed by atoms with Gasteiger partial charge in [-0.15, -0.1) is 0 Å². The number of nitrogens with zero attached hydrogens (tertiary/aromatic N) is 1. The van der Waals surface area contributed by atoms with Gasteiger partial charge in [0.1, 0.15) is 5.75 Å². The maximum atomic E-state index is 11.4. The van der Waals surface area contributed by atoms with Crippen LogP contribution >= 0.6 is 0 Å². The Morgan fingerprint density at radius 3 is 2.52 bits per heavy atom. The lowest BCUT2D eigenvalue weighted by Crippen LogP contribution is -2.10. The van der Waals surface area contributed by atoms with Crippen molar-refractivity contribution in [2.75, 3.05) is 6.79 Å². The molecule has 2 aromatic carbocycles. The first-order valence-corrected chi connectivity index (χ1v) is 10.1. The zero-order valence-corrected chi connectivity index (χ0v) is 17.5. The van der Waals surface area contributed by atoms with Crippen molar-refractivity contribution in [2.24, 2.45) is 5.92 Å². The Hall–Kier alpha value is -3.01. The van der Waals surface area contributed by atoms with Crippen molar-refractivity contribution in [2.45, 2.75) is 40.2 Å². The number of ether oxygens (including phenoxy) is 2. The molecule has 0 saturated carbocycles. The molecule has 0 radical (unpaired) electrons. The number of fused-ring (bicyclic) bond motifs is 1. The highest BCUT2D eigenvalue weighted by molar-refractivity contribution is 5.87. The number of carbonyl (C=O) groups excluding carboxylic acids is 1. The lowest BCUT2D eigenvalue weighted by atomic mass is 10.1. The van der Waals surface area contributed by atoms with Gasteiger partial charge in [0.05, 0.1) is 0 Å². The minimum Gasteiger partial charge on any atom is -0.457 e. The monoisotopic (exact) mass is 391 g/mol. The van der Waals surface area contributed by atoms with Crippen LogP contribution in [-0.2, 0) is 16.1 Å². The number of aromatic nitrogens is 1. The molecule has 0 aliphatic heterocycles. The summed E-state index contributed by atoms with van der Waals surface area (Å²) >= 11 is 0. The van der Waals surface area contributed by atoms with Crippen LogP contribution in [0, 0.1) is 5.92 Å². The van der Waals surface area contributed by atoms with Crippen LogP contribution in [0.1, 0.15) is 33.6 Å². The fraction of sp³-hybridized carbons (Fsp3) is 0.320. The summed E-state index contributed by atoms with van der Waals surface area (Å²) in [6.45, 7) is 10.6. The zero-order chi connectivity index (χ0) is 20.8. The molecule has 0 fully saturated rings. The van der Waals surface area contributed by atoms with Crippen LogP contribution in [0.25, 0.3) is 22.2 Å². The van der Waals surface area contributed by atoms with Crippen LogP contribution in [0.3, 0.4) is 0 Å². The smallest absolute Gasteiger partial charge is 0.335 e. The average Bonchev–Trinajstić information content (AvgIpc) is 3.07. The zero-order valence-electron chi connectivity index (χ0n) is 17.5. The van der Waals surface area contributed by atoms with Crippen molar-refractivity contribution in [3.8, 4) is 17.0 Å². The van der Waals surface area contributed by atoms with E-state index in [9.17, 15) is 4.79 Å². The Morgan fingerprint density at radius 1 is 1.10 bits per heavy atom. The number of esters is 1. The van der Waals surface area contributed by atoms with E-state index < -0.39 is 5.97 Å². The summed E-state index contributed by atoms with van der Waals surface area (Å²) in [5.41, 5.74) is 3.96. The molecule has 0 unspecified atom stereocenters. The molecule has 0 saturated heterocycles. The molecule has 3 rings (SSSR count). The van der Waals surface area contributed by atoms with Gasteiger partial charge in [-0.05, 0) is 67.6 Å². The summed E-state index contributed by atoms with van der Waals surface area (Å²) < 4.78 is 12.9. The predicted octanol–water partition coefficient (Wildman–Crippen LogP) is 6.20. The first-order valence-electron chi connectivity index (χ1n) is 10.1. The van der Waals surface area contributed by atoms with E-state index in [0.29, 0.717) is 17.2 Å². The molecule has 0 atom stereocenters. The fourth-order valence-corrected chi connectivity index (χ4v) is 3.34. The summed E-state index contributed by atoms with van der Waals surface area (Å²) in [6.07, 6.45) is 2.36. The number of aryl methyl sites for hydroxylation is 1. The summed E-state index contributed by atoms with van der Waals surface area (Å²) in [5, 5.41) is 1.25. The van der Waals surface area contributed by atoms with E-state index >= 15 is 0 Å². The van der Waals surface area contributed by atoms with Gasteiger partial charge in [-0.1, -0.05) is 38.6 Å². The first-order chi connectivity index (χ1) is 14.0. The Bertz CT molecular complexity index is 983. The highest BCUT2D eigenvalue weighted by Gasteiger charge is 2.11. The fourth-order valence-electron chi connectivity index (χ4n) is 3.34. The molecule has 1 aromatic heterocycles. The summed E-state index contributed by atoms with van der Waals surface area (Å²) in [4.78, 5) is 11.4. The number of hydrogen-bond donors (Lipinski definition) is 0. The molecule has 0 spiro atoms. The van der Waals surface area contributed by atoms with E-state index in [4.69, 9.17) is 9.47 Å². The molecule has 3 aromatic rings. The van der Waals surface area contributed by atoms with Gasteiger partial charge < -0.3 is 14.0 Å². The van der Waals surface area contributed by atoms with Crippen molar-refractivity contribution in [1.82, 2.24) is 4.57 Å².